The quantitative estimate of drug-likeness (QED) is 0.304. The highest BCUT2D eigenvalue weighted by Gasteiger charge is 2.13. The first-order valence-electron chi connectivity index (χ1n) is 6.52. The van der Waals surface area contributed by atoms with Gasteiger partial charge in [0.25, 0.3) is 5.91 Å². The molecule has 0 saturated carbocycles. The number of hydrogen-bond donors (Lipinski definition) is 3. The third kappa shape index (κ3) is 3.68. The number of rotatable bonds is 6. The topological polar surface area (TPSA) is 125 Å². The monoisotopic (exact) mass is 303 g/mol. The highest BCUT2D eigenvalue weighted by molar-refractivity contribution is 5.93. The number of nitrogens with one attached hydrogen (secondary N) is 1. The maximum Gasteiger partial charge on any atom is 0.283 e. The van der Waals surface area contributed by atoms with Crippen molar-refractivity contribution in [2.45, 2.75) is 0 Å². The molecule has 0 unspecified atom stereocenters. The molecule has 1 aromatic heterocycles. The number of aromatic nitrogens is 2. The number of hydrazine groups is 1. The molecule has 2 rings (SSSR count). The molecule has 1 amide bonds. The number of amides is 1. The highest BCUT2D eigenvalue weighted by atomic mass is 16.5. The van der Waals surface area contributed by atoms with Crippen molar-refractivity contribution >= 4 is 11.9 Å². The van der Waals surface area contributed by atoms with Crippen molar-refractivity contribution in [1.29, 1.82) is 0 Å². The first kappa shape index (κ1) is 15.7. The third-order valence-corrected chi connectivity index (χ3v) is 2.82. The Morgan fingerprint density at radius 2 is 2.05 bits per heavy atom. The maximum atomic E-state index is 11.6. The zero-order valence-corrected chi connectivity index (χ0v) is 12.1. The lowest BCUT2D eigenvalue weighted by Crippen LogP contribution is -2.31. The number of carbonyl (C=O) groups is 1. The Hall–Kier alpha value is -2.71. The smallest absolute Gasteiger partial charge is 0.283 e. The van der Waals surface area contributed by atoms with Gasteiger partial charge < -0.3 is 15.2 Å². The standard InChI is InChI=1S/C14H17N5O3/c1-21-6-7-22-12-5-3-2-4-9(12)10-8-11(13(20)19-16)18-14(15)17-10/h2-5,8H,6-7,16H2,1H3,(H,19,20)(H2,15,17,18). The number of hydrogen-bond acceptors (Lipinski definition) is 7. The van der Waals surface area contributed by atoms with Crippen molar-refractivity contribution in [2.75, 3.05) is 26.1 Å². The molecule has 0 aliphatic heterocycles. The maximum absolute atomic E-state index is 11.6. The van der Waals surface area contributed by atoms with Crippen LogP contribution in [-0.2, 0) is 4.74 Å². The summed E-state index contributed by atoms with van der Waals surface area (Å²) in [6.07, 6.45) is 0. The van der Waals surface area contributed by atoms with Crippen LogP contribution < -0.4 is 21.7 Å². The summed E-state index contributed by atoms with van der Waals surface area (Å²) in [5.74, 6) is 5.15. The van der Waals surface area contributed by atoms with E-state index in [1.165, 1.54) is 6.07 Å². The number of para-hydroxylation sites is 1. The molecule has 0 radical (unpaired) electrons. The lowest BCUT2D eigenvalue weighted by molar-refractivity contribution is 0.0948. The lowest BCUT2D eigenvalue weighted by atomic mass is 10.1. The van der Waals surface area contributed by atoms with Crippen LogP contribution >= 0.6 is 0 Å². The zero-order valence-electron chi connectivity index (χ0n) is 12.1. The molecule has 1 heterocycles. The number of ether oxygens (including phenoxy) is 2. The van der Waals surface area contributed by atoms with Gasteiger partial charge in [-0.25, -0.2) is 15.8 Å². The molecule has 0 atom stereocenters. The van der Waals surface area contributed by atoms with Gasteiger partial charge in [-0.1, -0.05) is 12.1 Å². The summed E-state index contributed by atoms with van der Waals surface area (Å²) in [7, 11) is 1.60. The number of carbonyl (C=O) groups excluding carboxylic acids is 1. The molecule has 0 saturated heterocycles. The minimum atomic E-state index is -0.548. The molecule has 22 heavy (non-hydrogen) atoms. The van der Waals surface area contributed by atoms with Gasteiger partial charge in [-0.3, -0.25) is 10.2 Å². The minimum absolute atomic E-state index is 0.0252. The van der Waals surface area contributed by atoms with Gasteiger partial charge in [-0.05, 0) is 18.2 Å². The summed E-state index contributed by atoms with van der Waals surface area (Å²) in [6.45, 7) is 0.852. The average molecular weight is 303 g/mol. The lowest BCUT2D eigenvalue weighted by Gasteiger charge is -2.11. The van der Waals surface area contributed by atoms with E-state index in [2.05, 4.69) is 9.97 Å². The summed E-state index contributed by atoms with van der Waals surface area (Å²) < 4.78 is 10.6. The molecule has 0 aliphatic rings. The zero-order chi connectivity index (χ0) is 15.9. The van der Waals surface area contributed by atoms with E-state index >= 15 is 0 Å². The van der Waals surface area contributed by atoms with E-state index in [4.69, 9.17) is 21.1 Å². The summed E-state index contributed by atoms with van der Waals surface area (Å²) >= 11 is 0. The van der Waals surface area contributed by atoms with Crippen LogP contribution in [0.5, 0.6) is 5.75 Å². The van der Waals surface area contributed by atoms with E-state index in [0.717, 1.165) is 0 Å². The molecule has 0 fully saturated rings. The van der Waals surface area contributed by atoms with Gasteiger partial charge in [0.2, 0.25) is 5.95 Å². The molecule has 0 aliphatic carbocycles. The Kier molecular flexibility index (Phi) is 5.23. The van der Waals surface area contributed by atoms with Crippen molar-refractivity contribution < 1.29 is 14.3 Å². The van der Waals surface area contributed by atoms with Gasteiger partial charge in [-0.2, -0.15) is 0 Å². The number of methoxy groups -OCH3 is 1. The number of benzene rings is 1. The summed E-state index contributed by atoms with van der Waals surface area (Å²) in [5, 5.41) is 0. The molecule has 8 heteroatoms. The molecular weight excluding hydrogens is 286 g/mol. The van der Waals surface area contributed by atoms with Crippen molar-refractivity contribution in [2.24, 2.45) is 5.84 Å². The molecule has 0 bridgehead atoms. The van der Waals surface area contributed by atoms with Crippen LogP contribution in [0.2, 0.25) is 0 Å². The summed E-state index contributed by atoms with van der Waals surface area (Å²) in [6, 6.07) is 8.78. The van der Waals surface area contributed by atoms with Crippen LogP contribution in [-0.4, -0.2) is 36.2 Å². The second kappa shape index (κ2) is 7.34. The molecular formula is C14H17N5O3. The number of nitrogens with zero attached hydrogens (tertiary/aromatic N) is 2. The van der Waals surface area contributed by atoms with Crippen LogP contribution in [0, 0.1) is 0 Å². The Morgan fingerprint density at radius 3 is 2.77 bits per heavy atom. The van der Waals surface area contributed by atoms with Gasteiger partial charge in [-0.15, -0.1) is 0 Å². The molecule has 1 aromatic carbocycles. The number of nitrogens with two attached hydrogens (primary N) is 2. The Morgan fingerprint density at radius 1 is 1.27 bits per heavy atom. The molecule has 2 aromatic rings. The molecule has 116 valence electrons. The summed E-state index contributed by atoms with van der Waals surface area (Å²) in [4.78, 5) is 19.6. The number of anilines is 1. The Labute approximate surface area is 127 Å². The van der Waals surface area contributed by atoms with Crippen LogP contribution in [0.25, 0.3) is 11.3 Å². The van der Waals surface area contributed by atoms with Crippen molar-refractivity contribution in [3.8, 4) is 17.0 Å². The number of nitrogen functional groups attached to an aromatic ring is 2. The van der Waals surface area contributed by atoms with E-state index in [9.17, 15) is 4.79 Å². The van der Waals surface area contributed by atoms with E-state index in [-0.39, 0.29) is 11.6 Å². The van der Waals surface area contributed by atoms with Crippen LogP contribution in [0.1, 0.15) is 10.5 Å². The SMILES string of the molecule is COCCOc1ccccc1-c1cc(C(=O)NN)nc(N)n1. The van der Waals surface area contributed by atoms with E-state index in [1.54, 1.807) is 13.2 Å². The first-order valence-corrected chi connectivity index (χ1v) is 6.52. The molecule has 0 spiro atoms. The fourth-order valence-electron chi connectivity index (χ4n) is 1.83. The minimum Gasteiger partial charge on any atom is -0.490 e. The van der Waals surface area contributed by atoms with Gasteiger partial charge in [0, 0.05) is 12.7 Å². The van der Waals surface area contributed by atoms with Gasteiger partial charge >= 0.3 is 0 Å². The molecule has 5 N–H and O–H groups in total. The van der Waals surface area contributed by atoms with Gasteiger partial charge in [0.05, 0.1) is 12.3 Å². The fourth-order valence-corrected chi connectivity index (χ4v) is 1.83. The van der Waals surface area contributed by atoms with Gasteiger partial charge in [0.15, 0.2) is 0 Å². The van der Waals surface area contributed by atoms with Crippen molar-refractivity contribution in [3.63, 3.8) is 0 Å². The Balaban J connectivity index is 2.39. The van der Waals surface area contributed by atoms with Gasteiger partial charge in [0.1, 0.15) is 18.1 Å². The van der Waals surface area contributed by atoms with Crippen LogP contribution in [0.15, 0.2) is 30.3 Å². The predicted octanol–water partition coefficient (Wildman–Crippen LogP) is 0.355. The first-order chi connectivity index (χ1) is 10.7. The normalized spacial score (nSPS) is 10.3. The Bertz CT molecular complexity index is 663. The third-order valence-electron chi connectivity index (χ3n) is 2.82. The fraction of sp³-hybridized carbons (Fsp3) is 0.214. The molecule has 8 nitrogen and oxygen atoms in total. The van der Waals surface area contributed by atoms with E-state index in [1.807, 2.05) is 23.6 Å². The van der Waals surface area contributed by atoms with E-state index < -0.39 is 5.91 Å². The predicted molar refractivity (Wildman–Crippen MR) is 80.9 cm³/mol. The largest absolute Gasteiger partial charge is 0.490 e. The second-order valence-corrected chi connectivity index (χ2v) is 4.31. The average Bonchev–Trinajstić information content (AvgIpc) is 2.54. The van der Waals surface area contributed by atoms with Crippen molar-refractivity contribution in [1.82, 2.24) is 15.4 Å². The summed E-state index contributed by atoms with van der Waals surface area (Å²) in [5.41, 5.74) is 8.91. The highest BCUT2D eigenvalue weighted by Crippen LogP contribution is 2.29. The van der Waals surface area contributed by atoms with E-state index in [0.29, 0.717) is 30.2 Å². The second-order valence-electron chi connectivity index (χ2n) is 4.31. The van der Waals surface area contributed by atoms with Crippen LogP contribution in [0.4, 0.5) is 5.95 Å². The van der Waals surface area contributed by atoms with Crippen LogP contribution in [0.3, 0.4) is 0 Å². The van der Waals surface area contributed by atoms with Crippen molar-refractivity contribution in [3.05, 3.63) is 36.0 Å².